The number of ether oxygens (including phenoxy) is 1. The minimum atomic E-state index is -0.00165. The average molecular weight is 573 g/mol. The number of hydrogen-bond donors (Lipinski definition) is 1. The summed E-state index contributed by atoms with van der Waals surface area (Å²) in [6, 6.07) is 13.8. The van der Waals surface area contributed by atoms with Crippen molar-refractivity contribution in [2.45, 2.75) is 6.92 Å². The Bertz CT molecular complexity index is 1020. The Kier molecular flexibility index (Phi) is 8.76. The Morgan fingerprint density at radius 3 is 2.68 bits per heavy atom. The number of nitrogens with one attached hydrogen (secondary N) is 1. The van der Waals surface area contributed by atoms with E-state index in [2.05, 4.69) is 43.8 Å². The van der Waals surface area contributed by atoms with E-state index in [9.17, 15) is 4.79 Å². The van der Waals surface area contributed by atoms with Crippen molar-refractivity contribution in [3.63, 3.8) is 0 Å². The molecule has 1 amide bonds. The number of amides is 1. The van der Waals surface area contributed by atoms with Crippen molar-refractivity contribution >= 4 is 67.6 Å². The second kappa shape index (κ2) is 11.3. The molecular weight excluding hydrogens is 547 g/mol. The lowest BCUT2D eigenvalue weighted by molar-refractivity contribution is 0.0947. The second-order valence-corrected chi connectivity index (χ2v) is 9.27. The Hall–Kier alpha value is -1.62. The normalized spacial score (nSPS) is 14.3. The zero-order chi connectivity index (χ0) is 20.9. The van der Waals surface area contributed by atoms with Gasteiger partial charge in [0.05, 0.1) is 16.9 Å². The largest absolute Gasteiger partial charge is 0.492 e. The second-order valence-electron chi connectivity index (χ2n) is 7.10. The fraction of sp³-hybridized carbons (Fsp3) is 0.364. The van der Waals surface area contributed by atoms with Gasteiger partial charge in [-0.15, -0.1) is 12.4 Å². The number of carbonyl (C=O) groups is 1. The number of hydrogen-bond acceptors (Lipinski definition) is 6. The highest BCUT2D eigenvalue weighted by Gasteiger charge is 2.21. The van der Waals surface area contributed by atoms with Crippen LogP contribution in [-0.4, -0.2) is 61.7 Å². The molecule has 2 heterocycles. The summed E-state index contributed by atoms with van der Waals surface area (Å²) in [6.07, 6.45) is 0. The number of aromatic nitrogens is 1. The van der Waals surface area contributed by atoms with Crippen LogP contribution in [0.1, 0.15) is 17.3 Å². The average Bonchev–Trinajstić information content (AvgIpc) is 3.20. The SMILES string of the molecule is CCOc1cccc2sc(N3CCN(CCNC(=O)c4ccccc4I)CC3)nc12.Cl. The van der Waals surface area contributed by atoms with Crippen LogP contribution in [0.3, 0.4) is 0 Å². The molecule has 1 aromatic heterocycles. The summed E-state index contributed by atoms with van der Waals surface area (Å²) in [7, 11) is 0. The van der Waals surface area contributed by atoms with Crippen molar-refractivity contribution in [3.8, 4) is 5.75 Å². The van der Waals surface area contributed by atoms with Crippen LogP contribution < -0.4 is 15.0 Å². The first kappa shape index (κ1) is 24.0. The summed E-state index contributed by atoms with van der Waals surface area (Å²) < 4.78 is 7.86. The lowest BCUT2D eigenvalue weighted by Gasteiger charge is -2.34. The van der Waals surface area contributed by atoms with E-state index in [0.29, 0.717) is 13.2 Å². The van der Waals surface area contributed by atoms with E-state index in [1.807, 2.05) is 43.3 Å². The first-order chi connectivity index (χ1) is 14.7. The fourth-order valence-corrected chi connectivity index (χ4v) is 5.22. The van der Waals surface area contributed by atoms with E-state index in [1.54, 1.807) is 11.3 Å². The van der Waals surface area contributed by atoms with Crippen molar-refractivity contribution < 1.29 is 9.53 Å². The zero-order valence-electron chi connectivity index (χ0n) is 17.3. The highest BCUT2D eigenvalue weighted by Crippen LogP contribution is 2.34. The van der Waals surface area contributed by atoms with Gasteiger partial charge in [-0.1, -0.05) is 29.5 Å². The monoisotopic (exact) mass is 572 g/mol. The van der Waals surface area contributed by atoms with E-state index in [1.165, 1.54) is 0 Å². The number of carbonyl (C=O) groups excluding carboxylic acids is 1. The molecule has 1 N–H and O–H groups in total. The molecule has 0 radical (unpaired) electrons. The van der Waals surface area contributed by atoms with Gasteiger partial charge in [0.2, 0.25) is 0 Å². The number of anilines is 1. The fourth-order valence-electron chi connectivity index (χ4n) is 3.55. The van der Waals surface area contributed by atoms with Crippen molar-refractivity contribution in [1.29, 1.82) is 0 Å². The van der Waals surface area contributed by atoms with Crippen LogP contribution >= 0.6 is 46.3 Å². The van der Waals surface area contributed by atoms with Gasteiger partial charge < -0.3 is 15.0 Å². The Morgan fingerprint density at radius 1 is 1.16 bits per heavy atom. The minimum Gasteiger partial charge on any atom is -0.492 e. The molecule has 0 atom stereocenters. The number of thiazole rings is 1. The molecule has 3 aromatic rings. The Labute approximate surface area is 206 Å². The molecule has 6 nitrogen and oxygen atoms in total. The van der Waals surface area contributed by atoms with Crippen LogP contribution in [-0.2, 0) is 0 Å². The molecule has 166 valence electrons. The van der Waals surface area contributed by atoms with E-state index >= 15 is 0 Å². The zero-order valence-corrected chi connectivity index (χ0v) is 21.1. The van der Waals surface area contributed by atoms with Gasteiger partial charge in [-0.25, -0.2) is 4.98 Å². The number of para-hydroxylation sites is 1. The molecular formula is C22H26ClIN4O2S. The standard InChI is InChI=1S/C22H25IN4O2S.ClH/c1-2-29-18-8-5-9-19-20(18)25-22(30-19)27-14-12-26(13-15-27)11-10-24-21(28)16-6-3-4-7-17(16)23;/h3-9H,2,10-15H2,1H3,(H,24,28);1H. The van der Waals surface area contributed by atoms with Crippen molar-refractivity contribution in [2.24, 2.45) is 0 Å². The topological polar surface area (TPSA) is 57.7 Å². The summed E-state index contributed by atoms with van der Waals surface area (Å²) >= 11 is 3.92. The van der Waals surface area contributed by atoms with E-state index in [-0.39, 0.29) is 18.3 Å². The summed E-state index contributed by atoms with van der Waals surface area (Å²) in [5, 5.41) is 4.10. The number of nitrogens with zero attached hydrogens (tertiary/aromatic N) is 3. The Morgan fingerprint density at radius 2 is 1.94 bits per heavy atom. The molecule has 0 saturated carbocycles. The number of benzene rings is 2. The molecule has 0 bridgehead atoms. The van der Waals surface area contributed by atoms with Gasteiger partial charge in [-0.3, -0.25) is 9.69 Å². The highest BCUT2D eigenvalue weighted by atomic mass is 127. The van der Waals surface area contributed by atoms with Crippen molar-refractivity contribution in [1.82, 2.24) is 15.2 Å². The molecule has 0 unspecified atom stereocenters. The minimum absolute atomic E-state index is 0. The van der Waals surface area contributed by atoms with Crippen LogP contribution in [0.2, 0.25) is 0 Å². The maximum atomic E-state index is 12.3. The first-order valence-corrected chi connectivity index (χ1v) is 12.1. The number of rotatable bonds is 7. The van der Waals surface area contributed by atoms with Crippen LogP contribution in [0.4, 0.5) is 5.13 Å². The van der Waals surface area contributed by atoms with Crippen LogP contribution in [0.5, 0.6) is 5.75 Å². The third-order valence-corrected chi connectivity index (χ3v) is 7.17. The van der Waals surface area contributed by atoms with E-state index in [0.717, 1.165) is 63.0 Å². The van der Waals surface area contributed by atoms with E-state index in [4.69, 9.17) is 9.72 Å². The summed E-state index contributed by atoms with van der Waals surface area (Å²) in [5.41, 5.74) is 1.70. The smallest absolute Gasteiger partial charge is 0.252 e. The molecule has 4 rings (SSSR count). The maximum Gasteiger partial charge on any atom is 0.252 e. The quantitative estimate of drug-likeness (QED) is 0.429. The van der Waals surface area contributed by atoms with E-state index < -0.39 is 0 Å². The van der Waals surface area contributed by atoms with Gasteiger partial charge in [0, 0.05) is 42.8 Å². The van der Waals surface area contributed by atoms with Gasteiger partial charge in [-0.2, -0.15) is 0 Å². The lowest BCUT2D eigenvalue weighted by atomic mass is 10.2. The highest BCUT2D eigenvalue weighted by molar-refractivity contribution is 14.1. The van der Waals surface area contributed by atoms with Crippen LogP contribution in [0.25, 0.3) is 10.2 Å². The third kappa shape index (κ3) is 5.79. The molecule has 2 aromatic carbocycles. The van der Waals surface area contributed by atoms with Gasteiger partial charge >= 0.3 is 0 Å². The maximum absolute atomic E-state index is 12.3. The van der Waals surface area contributed by atoms with Gasteiger partial charge in [0.25, 0.3) is 5.91 Å². The van der Waals surface area contributed by atoms with Crippen LogP contribution in [0, 0.1) is 3.57 Å². The molecule has 1 aliphatic heterocycles. The first-order valence-electron chi connectivity index (χ1n) is 10.2. The molecule has 9 heteroatoms. The van der Waals surface area contributed by atoms with Crippen molar-refractivity contribution in [3.05, 3.63) is 51.6 Å². The van der Waals surface area contributed by atoms with Crippen molar-refractivity contribution in [2.75, 3.05) is 50.8 Å². The lowest BCUT2D eigenvalue weighted by Crippen LogP contribution is -2.48. The molecule has 1 aliphatic rings. The Balaban J connectivity index is 0.00000272. The van der Waals surface area contributed by atoms with Gasteiger partial charge in [-0.05, 0) is 53.8 Å². The van der Waals surface area contributed by atoms with Crippen LogP contribution in [0.15, 0.2) is 42.5 Å². The summed E-state index contributed by atoms with van der Waals surface area (Å²) in [5.74, 6) is 0.859. The third-order valence-electron chi connectivity index (χ3n) is 5.15. The molecule has 0 spiro atoms. The molecule has 0 aliphatic carbocycles. The molecule has 1 fully saturated rings. The number of piperazine rings is 1. The van der Waals surface area contributed by atoms with Gasteiger partial charge in [0.15, 0.2) is 5.13 Å². The number of halogens is 2. The number of fused-ring (bicyclic) bond motifs is 1. The summed E-state index contributed by atoms with van der Waals surface area (Å²) in [6.45, 7) is 7.96. The predicted molar refractivity (Wildman–Crippen MR) is 138 cm³/mol. The predicted octanol–water partition coefficient (Wildman–Crippen LogP) is 4.27. The molecule has 31 heavy (non-hydrogen) atoms. The van der Waals surface area contributed by atoms with Gasteiger partial charge in [0.1, 0.15) is 11.3 Å². The summed E-state index contributed by atoms with van der Waals surface area (Å²) in [4.78, 5) is 21.9. The molecule has 1 saturated heterocycles.